The van der Waals surface area contributed by atoms with Crippen LogP contribution in [0.1, 0.15) is 43.9 Å². The van der Waals surface area contributed by atoms with Gasteiger partial charge in [0, 0.05) is 36.9 Å². The van der Waals surface area contributed by atoms with Crippen molar-refractivity contribution in [3.63, 3.8) is 0 Å². The van der Waals surface area contributed by atoms with E-state index in [9.17, 15) is 13.2 Å². The molecule has 7 heteroatoms. The van der Waals surface area contributed by atoms with Gasteiger partial charge >= 0.3 is 0 Å². The lowest BCUT2D eigenvalue weighted by atomic mass is 10.2. The summed E-state index contributed by atoms with van der Waals surface area (Å²) >= 11 is 0. The molecule has 1 aromatic carbocycles. The Morgan fingerprint density at radius 2 is 1.90 bits per heavy atom. The zero-order valence-corrected chi connectivity index (χ0v) is 18.6. The van der Waals surface area contributed by atoms with Crippen LogP contribution >= 0.6 is 0 Å². The van der Waals surface area contributed by atoms with Crippen molar-refractivity contribution in [1.82, 2.24) is 13.8 Å². The van der Waals surface area contributed by atoms with Crippen LogP contribution in [0.4, 0.5) is 0 Å². The maximum atomic E-state index is 13.1. The van der Waals surface area contributed by atoms with E-state index in [4.69, 9.17) is 0 Å². The number of rotatable bonds is 11. The molecule has 1 aliphatic carbocycles. The highest BCUT2D eigenvalue weighted by Gasteiger charge is 2.34. The average Bonchev–Trinajstić information content (AvgIpc) is 3.50. The summed E-state index contributed by atoms with van der Waals surface area (Å²) in [4.78, 5) is 15.0. The van der Waals surface area contributed by atoms with E-state index in [1.807, 2.05) is 72.1 Å². The van der Waals surface area contributed by atoms with Crippen LogP contribution in [0.3, 0.4) is 0 Å². The van der Waals surface area contributed by atoms with Gasteiger partial charge < -0.3 is 9.47 Å². The molecule has 0 unspecified atom stereocenters. The van der Waals surface area contributed by atoms with E-state index in [1.54, 1.807) is 6.08 Å². The number of hydrogen-bond acceptors (Lipinski definition) is 3. The predicted molar refractivity (Wildman–Crippen MR) is 120 cm³/mol. The number of amides is 1. The van der Waals surface area contributed by atoms with Crippen molar-refractivity contribution in [2.24, 2.45) is 7.05 Å². The molecule has 1 heterocycles. The fraction of sp³-hybridized carbons (Fsp3) is 0.435. The molecule has 1 aromatic heterocycles. The average molecular weight is 430 g/mol. The highest BCUT2D eigenvalue weighted by Crippen LogP contribution is 2.29. The minimum Gasteiger partial charge on any atom is -0.353 e. The molecule has 0 spiro atoms. The van der Waals surface area contributed by atoms with Crippen LogP contribution in [-0.4, -0.2) is 47.2 Å². The van der Waals surface area contributed by atoms with Crippen LogP contribution < -0.4 is 0 Å². The molecule has 0 radical (unpaired) electrons. The molecule has 1 amide bonds. The van der Waals surface area contributed by atoms with Gasteiger partial charge in [0.1, 0.15) is 0 Å². The first kappa shape index (κ1) is 22.3. The van der Waals surface area contributed by atoms with Crippen molar-refractivity contribution in [2.45, 2.75) is 45.2 Å². The fourth-order valence-corrected chi connectivity index (χ4v) is 4.50. The van der Waals surface area contributed by atoms with Crippen LogP contribution in [0.25, 0.3) is 6.08 Å². The van der Waals surface area contributed by atoms with Gasteiger partial charge in [-0.05, 0) is 43.0 Å². The Hall–Kier alpha value is -2.38. The van der Waals surface area contributed by atoms with E-state index >= 15 is 0 Å². The van der Waals surface area contributed by atoms with Gasteiger partial charge in [-0.15, -0.1) is 0 Å². The number of aromatic nitrogens is 1. The minimum atomic E-state index is -3.70. The first-order chi connectivity index (χ1) is 14.4. The monoisotopic (exact) mass is 429 g/mol. The molecule has 3 rings (SSSR count). The van der Waals surface area contributed by atoms with E-state index in [-0.39, 0.29) is 18.5 Å². The maximum Gasteiger partial charge on any atom is 0.238 e. The van der Waals surface area contributed by atoms with Crippen LogP contribution in [0.2, 0.25) is 0 Å². The van der Waals surface area contributed by atoms with Crippen LogP contribution in [0.15, 0.2) is 54.1 Å². The number of benzene rings is 1. The molecule has 0 bridgehead atoms. The van der Waals surface area contributed by atoms with Gasteiger partial charge in [0.05, 0.1) is 13.1 Å². The number of carbonyl (C=O) groups is 1. The second kappa shape index (κ2) is 10.1. The van der Waals surface area contributed by atoms with Gasteiger partial charge in [-0.2, -0.15) is 4.31 Å². The largest absolute Gasteiger partial charge is 0.353 e. The maximum absolute atomic E-state index is 13.1. The molecule has 0 aliphatic heterocycles. The first-order valence-electron chi connectivity index (χ1n) is 10.5. The van der Waals surface area contributed by atoms with Crippen molar-refractivity contribution >= 4 is 22.0 Å². The lowest BCUT2D eigenvalue weighted by Crippen LogP contribution is -2.43. The Morgan fingerprint density at radius 1 is 1.17 bits per heavy atom. The molecule has 30 heavy (non-hydrogen) atoms. The smallest absolute Gasteiger partial charge is 0.238 e. The number of nitrogens with zero attached hydrogens (tertiary/aromatic N) is 3. The predicted octanol–water partition coefficient (Wildman–Crippen LogP) is 3.62. The normalized spacial score (nSPS) is 14.5. The van der Waals surface area contributed by atoms with Crippen molar-refractivity contribution in [3.8, 4) is 0 Å². The van der Waals surface area contributed by atoms with E-state index in [2.05, 4.69) is 0 Å². The van der Waals surface area contributed by atoms with Gasteiger partial charge in [0.2, 0.25) is 15.9 Å². The summed E-state index contributed by atoms with van der Waals surface area (Å²) < 4.78 is 29.3. The summed E-state index contributed by atoms with van der Waals surface area (Å²) in [5, 5.41) is 1.21. The topological polar surface area (TPSA) is 62.6 Å². The third-order valence-electron chi connectivity index (χ3n) is 5.36. The number of hydrogen-bond donors (Lipinski definition) is 0. The number of sulfonamides is 1. The number of carbonyl (C=O) groups excluding carboxylic acids is 1. The molecule has 0 saturated heterocycles. The molecule has 1 fully saturated rings. The molecule has 1 aliphatic rings. The van der Waals surface area contributed by atoms with E-state index < -0.39 is 10.0 Å². The molecule has 1 saturated carbocycles. The summed E-state index contributed by atoms with van der Waals surface area (Å²) in [5.74, 6) is -0.133. The summed E-state index contributed by atoms with van der Waals surface area (Å²) in [6.07, 6.45) is 7.07. The highest BCUT2D eigenvalue weighted by atomic mass is 32.2. The summed E-state index contributed by atoms with van der Waals surface area (Å²) in [5.41, 5.74) is 1.85. The van der Waals surface area contributed by atoms with Gasteiger partial charge in [0.25, 0.3) is 0 Å². The zero-order valence-electron chi connectivity index (χ0n) is 17.8. The van der Waals surface area contributed by atoms with Crippen molar-refractivity contribution in [3.05, 3.63) is 65.3 Å². The molecule has 2 aromatic rings. The standard InChI is InChI=1S/C23H31N3O3S/c1-3-4-16-25(30(28,29)17-14-20-9-6-5-7-10-20)19-23(27)26(21-12-13-21)18-22-11-8-15-24(22)2/h5-11,14-15,17,21H,3-4,12-13,16,18-19H2,1-2H3/b17-14+. The SMILES string of the molecule is CCCCN(CC(=O)N(Cc1cccn1C)C1CC1)S(=O)(=O)/C=C/c1ccccc1. The first-order valence-corrected chi connectivity index (χ1v) is 12.0. The Kier molecular flexibility index (Phi) is 7.50. The second-order valence-electron chi connectivity index (χ2n) is 7.81. The van der Waals surface area contributed by atoms with Crippen LogP contribution in [-0.2, 0) is 28.4 Å². The zero-order chi connectivity index (χ0) is 21.6. The van der Waals surface area contributed by atoms with E-state index in [1.165, 1.54) is 9.71 Å². The number of unbranched alkanes of at least 4 members (excludes halogenated alkanes) is 1. The van der Waals surface area contributed by atoms with E-state index in [0.717, 1.165) is 30.5 Å². The molecule has 0 N–H and O–H groups in total. The van der Waals surface area contributed by atoms with Crippen molar-refractivity contribution < 1.29 is 13.2 Å². The van der Waals surface area contributed by atoms with Gasteiger partial charge in [-0.1, -0.05) is 43.7 Å². The van der Waals surface area contributed by atoms with Gasteiger partial charge in [0.15, 0.2) is 0 Å². The molecular weight excluding hydrogens is 398 g/mol. The highest BCUT2D eigenvalue weighted by molar-refractivity contribution is 7.92. The third-order valence-corrected chi connectivity index (χ3v) is 6.87. The Labute approximate surface area is 179 Å². The van der Waals surface area contributed by atoms with Gasteiger partial charge in [-0.3, -0.25) is 4.79 Å². The summed E-state index contributed by atoms with van der Waals surface area (Å²) in [7, 11) is -1.74. The third kappa shape index (κ3) is 6.06. The Morgan fingerprint density at radius 3 is 2.50 bits per heavy atom. The fourth-order valence-electron chi connectivity index (χ4n) is 3.33. The van der Waals surface area contributed by atoms with Crippen LogP contribution in [0.5, 0.6) is 0 Å². The van der Waals surface area contributed by atoms with E-state index in [0.29, 0.717) is 19.5 Å². The lowest BCUT2D eigenvalue weighted by molar-refractivity contribution is -0.132. The molecule has 162 valence electrons. The number of aryl methyl sites for hydroxylation is 1. The molecule has 0 atom stereocenters. The summed E-state index contributed by atoms with van der Waals surface area (Å²) in [6.45, 7) is 2.74. The van der Waals surface area contributed by atoms with Crippen molar-refractivity contribution in [1.29, 1.82) is 0 Å². The second-order valence-corrected chi connectivity index (χ2v) is 9.63. The van der Waals surface area contributed by atoms with Crippen LogP contribution in [0, 0.1) is 0 Å². The minimum absolute atomic E-state index is 0.123. The Bertz CT molecular complexity index is 963. The summed E-state index contributed by atoms with van der Waals surface area (Å²) in [6, 6.07) is 13.5. The quantitative estimate of drug-likeness (QED) is 0.548. The lowest BCUT2D eigenvalue weighted by Gasteiger charge is -2.27. The molecule has 6 nitrogen and oxygen atoms in total. The Balaban J connectivity index is 1.74. The molecular formula is C23H31N3O3S. The van der Waals surface area contributed by atoms with Gasteiger partial charge in [-0.25, -0.2) is 8.42 Å². The van der Waals surface area contributed by atoms with Crippen molar-refractivity contribution in [2.75, 3.05) is 13.1 Å².